The number of quaternary nitrogens is 1. The largest absolute Gasteiger partial charge is 0.494 e. The van der Waals surface area contributed by atoms with E-state index in [1.165, 1.54) is 12.3 Å². The van der Waals surface area contributed by atoms with E-state index < -0.39 is 0 Å². The summed E-state index contributed by atoms with van der Waals surface area (Å²) in [6, 6.07) is 5.38. The minimum absolute atomic E-state index is 0.316. The lowest BCUT2D eigenvalue weighted by Crippen LogP contribution is -2.72. The number of likely N-dealkylation sites (N-methyl/N-ethyl adjacent to an activating group) is 2. The SMILES string of the molecule is C=CC(=O)Nc1cc(Nc2nccc(/C(C=N)=C/[NH2+]C)n2)c(OC)cc1N(C)CCN(C)C. The molecule has 10 nitrogen and oxygen atoms in total. The summed E-state index contributed by atoms with van der Waals surface area (Å²) in [5.41, 5.74) is 3.26. The summed E-state index contributed by atoms with van der Waals surface area (Å²) < 4.78 is 5.62. The van der Waals surface area contributed by atoms with Gasteiger partial charge in [0, 0.05) is 38.6 Å². The minimum atomic E-state index is -0.316. The average molecular weight is 454 g/mol. The molecule has 0 spiro atoms. The highest BCUT2D eigenvalue weighted by atomic mass is 16.5. The predicted molar refractivity (Wildman–Crippen MR) is 134 cm³/mol. The van der Waals surface area contributed by atoms with Crippen LogP contribution >= 0.6 is 0 Å². The van der Waals surface area contributed by atoms with Crippen LogP contribution in [0.3, 0.4) is 0 Å². The van der Waals surface area contributed by atoms with E-state index in [2.05, 4.69) is 32.1 Å². The highest BCUT2D eigenvalue weighted by Crippen LogP contribution is 2.37. The zero-order valence-electron chi connectivity index (χ0n) is 19.8. The van der Waals surface area contributed by atoms with Crippen LogP contribution in [0.5, 0.6) is 5.75 Å². The van der Waals surface area contributed by atoms with Crippen LogP contribution in [0.2, 0.25) is 0 Å². The monoisotopic (exact) mass is 453 g/mol. The number of nitrogens with one attached hydrogen (secondary N) is 3. The van der Waals surface area contributed by atoms with E-state index in [1.807, 2.05) is 44.5 Å². The molecule has 2 aromatic rings. The minimum Gasteiger partial charge on any atom is -0.494 e. The lowest BCUT2D eigenvalue weighted by Gasteiger charge is -2.26. The van der Waals surface area contributed by atoms with Gasteiger partial charge in [0.2, 0.25) is 11.9 Å². The van der Waals surface area contributed by atoms with Gasteiger partial charge in [-0.15, -0.1) is 0 Å². The predicted octanol–water partition coefficient (Wildman–Crippen LogP) is 1.53. The van der Waals surface area contributed by atoms with Crippen LogP contribution in [-0.4, -0.2) is 75.4 Å². The van der Waals surface area contributed by atoms with Crippen molar-refractivity contribution in [1.29, 1.82) is 5.41 Å². The Labute approximate surface area is 194 Å². The van der Waals surface area contributed by atoms with Crippen LogP contribution in [0.15, 0.2) is 43.3 Å². The number of hydrogen-bond donors (Lipinski definition) is 4. The third kappa shape index (κ3) is 7.13. The first-order valence-corrected chi connectivity index (χ1v) is 10.4. The molecule has 0 bridgehead atoms. The lowest BCUT2D eigenvalue weighted by atomic mass is 10.2. The fourth-order valence-corrected chi connectivity index (χ4v) is 2.99. The molecule has 0 saturated carbocycles. The number of aromatic nitrogens is 2. The number of ether oxygens (including phenoxy) is 1. The summed E-state index contributed by atoms with van der Waals surface area (Å²) in [6.45, 7) is 5.13. The number of nitrogens with two attached hydrogens (primary N) is 1. The van der Waals surface area contributed by atoms with E-state index in [1.54, 1.807) is 31.6 Å². The molecule has 0 radical (unpaired) electrons. The van der Waals surface area contributed by atoms with Crippen molar-refractivity contribution in [3.05, 3.63) is 48.9 Å². The van der Waals surface area contributed by atoms with E-state index in [0.717, 1.165) is 18.8 Å². The van der Waals surface area contributed by atoms with Crippen LogP contribution in [0.4, 0.5) is 23.0 Å². The molecule has 0 unspecified atom stereocenters. The Hall–Kier alpha value is -3.76. The molecule has 1 heterocycles. The molecule has 176 valence electrons. The number of benzene rings is 1. The molecule has 33 heavy (non-hydrogen) atoms. The zero-order chi connectivity index (χ0) is 24.4. The Bertz CT molecular complexity index is 1020. The first-order chi connectivity index (χ1) is 15.8. The van der Waals surface area contributed by atoms with Crippen LogP contribution < -0.4 is 25.6 Å². The van der Waals surface area contributed by atoms with Crippen LogP contribution in [-0.2, 0) is 4.79 Å². The lowest BCUT2D eigenvalue weighted by molar-refractivity contribution is -0.555. The summed E-state index contributed by atoms with van der Waals surface area (Å²) in [4.78, 5) is 25.0. The Morgan fingerprint density at radius 1 is 1.27 bits per heavy atom. The van der Waals surface area contributed by atoms with Gasteiger partial charge in [0.15, 0.2) is 0 Å². The van der Waals surface area contributed by atoms with Gasteiger partial charge in [-0.3, -0.25) is 4.79 Å². The zero-order valence-corrected chi connectivity index (χ0v) is 19.8. The van der Waals surface area contributed by atoms with Gasteiger partial charge in [0.05, 0.1) is 42.5 Å². The molecule has 0 aliphatic carbocycles. The second-order valence-electron chi connectivity index (χ2n) is 7.48. The molecular formula is C23H33N8O2+. The number of amides is 1. The first-order valence-electron chi connectivity index (χ1n) is 10.4. The molecule has 2 rings (SSSR count). The summed E-state index contributed by atoms with van der Waals surface area (Å²) >= 11 is 0. The molecule has 0 fully saturated rings. The molecular weight excluding hydrogens is 420 g/mol. The van der Waals surface area contributed by atoms with Gasteiger partial charge in [-0.2, -0.15) is 0 Å². The van der Waals surface area contributed by atoms with Crippen molar-refractivity contribution in [2.24, 2.45) is 0 Å². The fourth-order valence-electron chi connectivity index (χ4n) is 2.99. The van der Waals surface area contributed by atoms with Crippen LogP contribution in [0.1, 0.15) is 5.69 Å². The molecule has 1 aromatic heterocycles. The second kappa shape index (κ2) is 12.3. The van der Waals surface area contributed by atoms with E-state index in [0.29, 0.717) is 34.3 Å². The molecule has 0 saturated heterocycles. The Morgan fingerprint density at radius 2 is 2.03 bits per heavy atom. The Kier molecular flexibility index (Phi) is 9.52. The van der Waals surface area contributed by atoms with Crippen molar-refractivity contribution in [3.63, 3.8) is 0 Å². The van der Waals surface area contributed by atoms with Gasteiger partial charge in [-0.25, -0.2) is 9.97 Å². The summed E-state index contributed by atoms with van der Waals surface area (Å²) in [5, 5.41) is 15.5. The van der Waals surface area contributed by atoms with Gasteiger partial charge in [0.1, 0.15) is 11.9 Å². The molecule has 0 atom stereocenters. The maximum absolute atomic E-state index is 12.1. The van der Waals surface area contributed by atoms with E-state index in [9.17, 15) is 4.79 Å². The van der Waals surface area contributed by atoms with Gasteiger partial charge in [0.25, 0.3) is 0 Å². The summed E-state index contributed by atoms with van der Waals surface area (Å²) in [5.74, 6) is 0.588. The normalized spacial score (nSPS) is 11.2. The third-order valence-electron chi connectivity index (χ3n) is 4.75. The third-order valence-corrected chi connectivity index (χ3v) is 4.75. The van der Waals surface area contributed by atoms with E-state index in [4.69, 9.17) is 10.1 Å². The second-order valence-corrected chi connectivity index (χ2v) is 7.48. The van der Waals surface area contributed by atoms with Crippen molar-refractivity contribution in [2.45, 2.75) is 0 Å². The topological polar surface area (TPSA) is 123 Å². The summed E-state index contributed by atoms with van der Waals surface area (Å²) in [6.07, 6.45) is 5.90. The number of carbonyl (C=O) groups is 1. The van der Waals surface area contributed by atoms with Gasteiger partial charge in [-0.05, 0) is 32.3 Å². The molecule has 10 heteroatoms. The smallest absolute Gasteiger partial charge is 0.247 e. The van der Waals surface area contributed by atoms with Crippen molar-refractivity contribution in [1.82, 2.24) is 14.9 Å². The molecule has 1 aromatic carbocycles. The first kappa shape index (κ1) is 25.5. The van der Waals surface area contributed by atoms with Crippen molar-refractivity contribution in [2.75, 3.05) is 63.9 Å². The van der Waals surface area contributed by atoms with Gasteiger partial charge < -0.3 is 35.9 Å². The maximum atomic E-state index is 12.1. The van der Waals surface area contributed by atoms with Gasteiger partial charge in [-0.1, -0.05) is 6.58 Å². The van der Waals surface area contributed by atoms with Crippen molar-refractivity contribution in [3.8, 4) is 5.75 Å². The number of rotatable bonds is 12. The number of carbonyl (C=O) groups excluding carboxylic acids is 1. The average Bonchev–Trinajstić information content (AvgIpc) is 2.81. The van der Waals surface area contributed by atoms with E-state index in [-0.39, 0.29) is 5.91 Å². The molecule has 0 aliphatic rings. The standard InChI is InChI=1S/C23H32N8O2/c1-7-22(32)27-18-12-19(21(33-6)13-20(18)31(5)11-10-30(3)4)29-23-26-9-8-17(28-23)16(14-24)15-25-2/h7-9,12-15,24-25H,1,10-11H2,2-6H3,(H,27,32)(H,26,28,29)/p+1/b16-15+,24-14?. The van der Waals surface area contributed by atoms with Crippen molar-refractivity contribution < 1.29 is 14.8 Å². The maximum Gasteiger partial charge on any atom is 0.247 e. The quantitative estimate of drug-likeness (QED) is 0.284. The number of hydrogen-bond acceptors (Lipinski definition) is 8. The van der Waals surface area contributed by atoms with E-state index >= 15 is 0 Å². The van der Waals surface area contributed by atoms with Crippen LogP contribution in [0.25, 0.3) is 5.57 Å². The molecule has 5 N–H and O–H groups in total. The number of allylic oxidation sites excluding steroid dienone is 1. The number of methoxy groups -OCH3 is 1. The van der Waals surface area contributed by atoms with Gasteiger partial charge >= 0.3 is 0 Å². The highest BCUT2D eigenvalue weighted by Gasteiger charge is 2.16. The Morgan fingerprint density at radius 3 is 2.64 bits per heavy atom. The fraction of sp³-hybridized carbons (Fsp3) is 0.304. The van der Waals surface area contributed by atoms with Crippen LogP contribution in [0, 0.1) is 5.41 Å². The van der Waals surface area contributed by atoms with Crippen molar-refractivity contribution >= 4 is 40.7 Å². The number of anilines is 4. The summed E-state index contributed by atoms with van der Waals surface area (Å²) in [7, 11) is 9.43. The number of nitrogens with zero attached hydrogens (tertiary/aromatic N) is 4. The highest BCUT2D eigenvalue weighted by molar-refractivity contribution is 6.07. The Balaban J connectivity index is 2.47. The molecule has 1 amide bonds. The molecule has 0 aliphatic heterocycles.